The van der Waals surface area contributed by atoms with Crippen LogP contribution in [0.5, 0.6) is 0 Å². The number of carbonyl (C=O) groups is 2. The summed E-state index contributed by atoms with van der Waals surface area (Å²) in [6.45, 7) is 5.55. The van der Waals surface area contributed by atoms with Crippen molar-refractivity contribution in [2.45, 2.75) is 85.0 Å². The fourth-order valence-electron chi connectivity index (χ4n) is 2.80. The maximum Gasteiger partial charge on any atom is 1.00 e. The Morgan fingerprint density at radius 1 is 0.870 bits per heavy atom. The number of unbranched alkanes of at least 4 members (excludes halogenated alkanes) is 8. The normalized spacial score (nSPS) is 10.8. The molecule has 0 aromatic heterocycles. The van der Waals surface area contributed by atoms with Gasteiger partial charge in [0, 0.05) is 0 Å². The first-order chi connectivity index (χ1) is 9.89. The minimum absolute atomic E-state index is 0. The number of carboxylic acids is 2. The molecule has 0 amide bonds. The molecule has 0 aromatic carbocycles. The second-order valence-electron chi connectivity index (χ2n) is 6.31. The summed E-state index contributed by atoms with van der Waals surface area (Å²) in [4.78, 5) is 22.8. The summed E-state index contributed by atoms with van der Waals surface area (Å²) in [7, 11) is 0. The molecule has 0 rings (SSSR count). The summed E-state index contributed by atoms with van der Waals surface area (Å²) in [5.41, 5.74) is -1.62. The molecule has 0 saturated heterocycles. The summed E-state index contributed by atoms with van der Waals surface area (Å²) in [5.74, 6) is -2.81. The van der Waals surface area contributed by atoms with Gasteiger partial charge in [0.25, 0.3) is 0 Å². The van der Waals surface area contributed by atoms with Gasteiger partial charge in [-0.15, -0.1) is 0 Å². The molecule has 4 nitrogen and oxygen atoms in total. The largest absolute Gasteiger partial charge is 1.00 e. The number of hydrogen-bond donors (Lipinski definition) is 2. The molecule has 0 aliphatic carbocycles. The average molecular weight is 365 g/mol. The molecule has 0 spiro atoms. The molecule has 0 radical (unpaired) electrons. The molecule has 128 valence electrons. The first-order valence-electron chi connectivity index (χ1n) is 8.36. The Hall–Kier alpha value is 1.58. The zero-order valence-corrected chi connectivity index (χ0v) is 21.0. The Morgan fingerprint density at radius 3 is 1.52 bits per heavy atom. The quantitative estimate of drug-likeness (QED) is 0.249. The van der Waals surface area contributed by atoms with Crippen LogP contribution in [0.15, 0.2) is 0 Å². The van der Waals surface area contributed by atoms with Gasteiger partial charge in [0.2, 0.25) is 0 Å². The molecule has 0 saturated carbocycles. The van der Waals surface area contributed by atoms with E-state index >= 15 is 0 Å². The molecule has 0 aliphatic heterocycles. The third-order valence-corrected chi connectivity index (χ3v) is 4.42. The Kier molecular flexibility index (Phi) is 21.7. The van der Waals surface area contributed by atoms with Crippen LogP contribution in [-0.4, -0.2) is 22.2 Å². The number of aliphatic carboxylic acids is 2. The van der Waals surface area contributed by atoms with Gasteiger partial charge < -0.3 is 13.1 Å². The summed E-state index contributed by atoms with van der Waals surface area (Å²) in [5, 5.41) is 18.6. The van der Waals surface area contributed by atoms with Gasteiger partial charge >= 0.3 is 92.9 Å². The van der Waals surface area contributed by atoms with Gasteiger partial charge in [-0.2, -0.15) is 0 Å². The van der Waals surface area contributed by atoms with E-state index in [-0.39, 0.29) is 90.2 Å². The third-order valence-electron chi connectivity index (χ3n) is 4.42. The first-order valence-corrected chi connectivity index (χ1v) is 8.36. The number of hydrogen-bond acceptors (Lipinski definition) is 2. The molecule has 0 bridgehead atoms. The fraction of sp³-hybridized carbons (Fsp3) is 0.882. The molecule has 0 unspecified atom stereocenters. The zero-order chi connectivity index (χ0) is 16.3. The maximum absolute atomic E-state index is 11.4. The fourth-order valence-corrected chi connectivity index (χ4v) is 2.80. The summed E-state index contributed by atoms with van der Waals surface area (Å²) >= 11 is 0. The third kappa shape index (κ3) is 11.0. The van der Waals surface area contributed by atoms with Gasteiger partial charge in [0.1, 0.15) is 0 Å². The van der Waals surface area contributed by atoms with Crippen LogP contribution >= 0.6 is 0 Å². The molecule has 0 aromatic rings. The Morgan fingerprint density at radius 2 is 1.22 bits per heavy atom. The topological polar surface area (TPSA) is 74.6 Å². The van der Waals surface area contributed by atoms with E-state index in [1.807, 2.05) is 0 Å². The minimum Gasteiger partial charge on any atom is -1.00 e. The van der Waals surface area contributed by atoms with Crippen molar-refractivity contribution in [3.8, 4) is 0 Å². The minimum atomic E-state index is -1.62. The van der Waals surface area contributed by atoms with Crippen molar-refractivity contribution >= 4 is 11.9 Å². The van der Waals surface area contributed by atoms with E-state index in [4.69, 9.17) is 0 Å². The van der Waals surface area contributed by atoms with E-state index < -0.39 is 23.3 Å². The van der Waals surface area contributed by atoms with Gasteiger partial charge in [0.05, 0.1) is 0 Å². The van der Waals surface area contributed by atoms with Crippen molar-refractivity contribution in [3.63, 3.8) is 0 Å². The second-order valence-corrected chi connectivity index (χ2v) is 6.31. The maximum atomic E-state index is 11.4. The van der Waals surface area contributed by atoms with Crippen molar-refractivity contribution in [1.82, 2.24) is 0 Å². The molecule has 0 fully saturated rings. The summed E-state index contributed by atoms with van der Waals surface area (Å²) < 4.78 is 0. The van der Waals surface area contributed by atoms with Gasteiger partial charge in [-0.3, -0.25) is 9.59 Å². The molecular weight excluding hydrogens is 330 g/mol. The predicted molar refractivity (Wildman–Crippen MR) is 86.6 cm³/mol. The molecule has 23 heavy (non-hydrogen) atoms. The standard InChI is InChI=1S/C17H32O4.K.Na.2H/c1-4-5-6-7-8-9-10-11-12-13-17(14(2)3,15(18)19)16(20)21;;;;/h14H,4-13H2,1-3H3,(H,18,19)(H,20,21);;;;/q;2*+1;2*-1. The smallest absolute Gasteiger partial charge is 1.00 e. The van der Waals surface area contributed by atoms with Crippen molar-refractivity contribution in [2.75, 3.05) is 0 Å². The van der Waals surface area contributed by atoms with Crippen LogP contribution in [0.2, 0.25) is 0 Å². The average Bonchev–Trinajstić information content (AvgIpc) is 2.39. The molecule has 0 heterocycles. The van der Waals surface area contributed by atoms with E-state index in [0.717, 1.165) is 12.8 Å². The monoisotopic (exact) mass is 364 g/mol. The van der Waals surface area contributed by atoms with E-state index in [9.17, 15) is 19.8 Å². The van der Waals surface area contributed by atoms with Crippen molar-refractivity contribution < 1.29 is 104 Å². The summed E-state index contributed by atoms with van der Waals surface area (Å²) in [6, 6.07) is 0. The molecule has 2 N–H and O–H groups in total. The Balaban J connectivity index is -0.000000333. The zero-order valence-electron chi connectivity index (χ0n) is 17.9. The summed E-state index contributed by atoms with van der Waals surface area (Å²) in [6.07, 6.45) is 10.4. The number of rotatable bonds is 13. The van der Waals surface area contributed by atoms with E-state index in [1.54, 1.807) is 13.8 Å². The molecule has 0 aliphatic rings. The van der Waals surface area contributed by atoms with Crippen molar-refractivity contribution in [3.05, 3.63) is 0 Å². The van der Waals surface area contributed by atoms with Crippen LogP contribution in [0.4, 0.5) is 0 Å². The van der Waals surface area contributed by atoms with Crippen LogP contribution in [0.25, 0.3) is 0 Å². The van der Waals surface area contributed by atoms with Crippen LogP contribution in [0.3, 0.4) is 0 Å². The SMILES string of the molecule is CCCCCCCCCCCC(C(=O)O)(C(=O)O)C(C)C.[H-].[H-].[K+].[Na+]. The van der Waals surface area contributed by atoms with E-state index in [2.05, 4.69) is 6.92 Å². The van der Waals surface area contributed by atoms with Crippen LogP contribution in [-0.2, 0) is 9.59 Å². The molecule has 0 atom stereocenters. The Bertz CT molecular complexity index is 318. The van der Waals surface area contributed by atoms with Crippen molar-refractivity contribution in [1.29, 1.82) is 0 Å². The number of carboxylic acid groups (broad SMARTS) is 2. The Labute approximate surface area is 209 Å². The van der Waals surface area contributed by atoms with Crippen LogP contribution in [0.1, 0.15) is 87.8 Å². The van der Waals surface area contributed by atoms with Gasteiger partial charge in [-0.1, -0.05) is 78.6 Å². The first kappa shape index (κ1) is 29.3. The van der Waals surface area contributed by atoms with Crippen LogP contribution in [0, 0.1) is 11.3 Å². The predicted octanol–water partition coefficient (Wildman–Crippen LogP) is -1.05. The van der Waals surface area contributed by atoms with Crippen LogP contribution < -0.4 is 80.9 Å². The molecule has 6 heteroatoms. The van der Waals surface area contributed by atoms with E-state index in [0.29, 0.717) is 6.42 Å². The van der Waals surface area contributed by atoms with E-state index in [1.165, 1.54) is 38.5 Å². The van der Waals surface area contributed by atoms with Gasteiger partial charge in [-0.25, -0.2) is 0 Å². The molecular formula is C17H34KNaO4. The van der Waals surface area contributed by atoms with Gasteiger partial charge in [0.15, 0.2) is 5.41 Å². The van der Waals surface area contributed by atoms with Crippen molar-refractivity contribution in [2.24, 2.45) is 11.3 Å². The second kappa shape index (κ2) is 17.0. The van der Waals surface area contributed by atoms with Gasteiger partial charge in [-0.05, 0) is 12.3 Å².